The summed E-state index contributed by atoms with van der Waals surface area (Å²) >= 11 is 0. The Balaban J connectivity index is 1.72. The molecule has 2 heterocycles. The fourth-order valence-corrected chi connectivity index (χ4v) is 7.60. The van der Waals surface area contributed by atoms with Gasteiger partial charge in [-0.1, -0.05) is 27.2 Å². The summed E-state index contributed by atoms with van der Waals surface area (Å²) in [4.78, 5) is 57.0. The molecule has 2 atom stereocenters. The summed E-state index contributed by atoms with van der Waals surface area (Å²) in [7, 11) is 0.205. The van der Waals surface area contributed by atoms with Crippen LogP contribution in [-0.4, -0.2) is 98.6 Å². The van der Waals surface area contributed by atoms with E-state index in [-0.39, 0.29) is 23.6 Å². The maximum absolute atomic E-state index is 13.5. The molecular formula is C29H54N4O5Si. The van der Waals surface area contributed by atoms with E-state index in [9.17, 15) is 19.2 Å². The number of amides is 4. The van der Waals surface area contributed by atoms with Gasteiger partial charge in [-0.25, -0.2) is 0 Å². The van der Waals surface area contributed by atoms with E-state index in [0.29, 0.717) is 45.4 Å². The minimum atomic E-state index is -1.59. The lowest BCUT2D eigenvalue weighted by atomic mass is 9.94. The number of carbonyl (C=O) groups is 4. The Morgan fingerprint density at radius 3 is 2.23 bits per heavy atom. The molecule has 224 valence electrons. The fraction of sp³-hybridized carbons (Fsp3) is 0.862. The number of hydrogen-bond donors (Lipinski definition) is 1. The first-order valence-electron chi connectivity index (χ1n) is 15.1. The molecule has 0 saturated carbocycles. The number of rotatable bonds is 14. The van der Waals surface area contributed by atoms with Crippen LogP contribution in [0.2, 0.25) is 19.1 Å². The van der Waals surface area contributed by atoms with Crippen molar-refractivity contribution in [2.24, 2.45) is 5.41 Å². The van der Waals surface area contributed by atoms with E-state index < -0.39 is 25.8 Å². The monoisotopic (exact) mass is 566 g/mol. The van der Waals surface area contributed by atoms with E-state index in [1.54, 1.807) is 21.7 Å². The molecule has 10 heteroatoms. The molecule has 9 nitrogen and oxygen atoms in total. The molecule has 2 fully saturated rings. The Hall–Kier alpha value is -1.94. The summed E-state index contributed by atoms with van der Waals surface area (Å²) in [5, 5.41) is 3.01. The zero-order valence-electron chi connectivity index (χ0n) is 25.6. The molecule has 39 heavy (non-hydrogen) atoms. The van der Waals surface area contributed by atoms with Gasteiger partial charge in [-0.15, -0.1) is 0 Å². The minimum absolute atomic E-state index is 0.00148. The van der Waals surface area contributed by atoms with Crippen molar-refractivity contribution < 1.29 is 23.6 Å². The van der Waals surface area contributed by atoms with E-state index in [1.807, 2.05) is 27.7 Å². The van der Waals surface area contributed by atoms with Crippen molar-refractivity contribution in [3.63, 3.8) is 0 Å². The Kier molecular flexibility index (Phi) is 12.9. The fourth-order valence-electron chi connectivity index (χ4n) is 5.65. The molecule has 0 aromatic carbocycles. The first kappa shape index (κ1) is 33.3. The minimum Gasteiger partial charge on any atom is -0.418 e. The smallest absolute Gasteiger partial charge is 0.246 e. The predicted octanol–water partition coefficient (Wildman–Crippen LogP) is 3.78. The lowest BCUT2D eigenvalue weighted by Crippen LogP contribution is -2.54. The van der Waals surface area contributed by atoms with Gasteiger partial charge in [0.25, 0.3) is 0 Å². The Morgan fingerprint density at radius 2 is 1.59 bits per heavy atom. The summed E-state index contributed by atoms with van der Waals surface area (Å²) < 4.78 is 5.83. The second-order valence-electron chi connectivity index (χ2n) is 12.8. The Labute approximate surface area is 237 Å². The number of unbranched alkanes of at least 4 members (excludes halogenated alkanes) is 2. The second-order valence-corrected chi connectivity index (χ2v) is 17.1. The van der Waals surface area contributed by atoms with E-state index in [2.05, 4.69) is 18.4 Å². The highest BCUT2D eigenvalue weighted by Gasteiger charge is 2.44. The van der Waals surface area contributed by atoms with Crippen LogP contribution in [0, 0.1) is 5.41 Å². The highest BCUT2D eigenvalue weighted by molar-refractivity contribution is 6.71. The highest BCUT2D eigenvalue weighted by Crippen LogP contribution is 2.29. The van der Waals surface area contributed by atoms with Crippen molar-refractivity contribution >= 4 is 31.9 Å². The van der Waals surface area contributed by atoms with Crippen LogP contribution in [0.5, 0.6) is 0 Å². The summed E-state index contributed by atoms with van der Waals surface area (Å²) in [6.07, 6.45) is 6.88. The number of carbonyl (C=O) groups excluding carboxylic acids is 4. The maximum atomic E-state index is 13.5. The van der Waals surface area contributed by atoms with E-state index in [1.165, 1.54) is 0 Å². The number of nitrogens with zero attached hydrogens (tertiary/aromatic N) is 3. The molecule has 0 aliphatic carbocycles. The largest absolute Gasteiger partial charge is 0.418 e. The molecule has 0 unspecified atom stereocenters. The van der Waals surface area contributed by atoms with E-state index in [0.717, 1.165) is 51.2 Å². The number of likely N-dealkylation sites (tertiary alicyclic amines) is 2. The molecule has 0 spiro atoms. The lowest BCUT2D eigenvalue weighted by Gasteiger charge is -2.34. The molecule has 2 aliphatic heterocycles. The zero-order chi connectivity index (χ0) is 29.2. The summed E-state index contributed by atoms with van der Waals surface area (Å²) in [5.74, 6) is -0.0206. The van der Waals surface area contributed by atoms with Crippen LogP contribution in [0.4, 0.5) is 0 Å². The number of nitrogens with one attached hydrogen (secondary N) is 1. The van der Waals surface area contributed by atoms with Gasteiger partial charge in [0.05, 0.1) is 0 Å². The van der Waals surface area contributed by atoms with Crippen LogP contribution in [0.3, 0.4) is 0 Å². The lowest BCUT2D eigenvalue weighted by molar-refractivity contribution is -0.151. The van der Waals surface area contributed by atoms with Crippen LogP contribution in [-0.2, 0) is 23.6 Å². The normalized spacial score (nSPS) is 19.9. The van der Waals surface area contributed by atoms with Crippen LogP contribution >= 0.6 is 0 Å². The van der Waals surface area contributed by atoms with Gasteiger partial charge in [0.15, 0.2) is 8.32 Å². The van der Waals surface area contributed by atoms with Gasteiger partial charge >= 0.3 is 0 Å². The summed E-state index contributed by atoms with van der Waals surface area (Å²) in [6, 6.07) is 0.135. The third kappa shape index (κ3) is 10.2. The topological polar surface area (TPSA) is 99.3 Å². The standard InChI is InChI=1S/C29H54N4O5Si/c1-8-38-39(6,7)22-14-18-30-25(34)17-10-9-11-19-31(5)26(35)23-15-12-20-32(23)27(36)24-16-13-21-33(24)28(37)29(2,3)4/h23-24H,8-22H2,1-7H3,(H,30,34)/t23-,24-/m0/s1. The van der Waals surface area contributed by atoms with Gasteiger partial charge in [-0.3, -0.25) is 19.2 Å². The quantitative estimate of drug-likeness (QED) is 0.255. The van der Waals surface area contributed by atoms with Crippen molar-refractivity contribution in [1.29, 1.82) is 0 Å². The number of hydrogen-bond acceptors (Lipinski definition) is 5. The molecule has 0 aromatic heterocycles. The van der Waals surface area contributed by atoms with Crippen LogP contribution < -0.4 is 5.32 Å². The second kappa shape index (κ2) is 15.2. The summed E-state index contributed by atoms with van der Waals surface area (Å²) in [5.41, 5.74) is -0.535. The van der Waals surface area contributed by atoms with Gasteiger partial charge in [0.2, 0.25) is 23.6 Å². The first-order valence-corrected chi connectivity index (χ1v) is 18.2. The van der Waals surface area contributed by atoms with Crippen molar-refractivity contribution in [2.75, 3.05) is 39.8 Å². The van der Waals surface area contributed by atoms with Gasteiger partial charge in [0, 0.05) is 51.7 Å². The molecular weight excluding hydrogens is 512 g/mol. The van der Waals surface area contributed by atoms with Crippen molar-refractivity contribution in [2.45, 2.75) is 117 Å². The van der Waals surface area contributed by atoms with Crippen molar-refractivity contribution in [1.82, 2.24) is 20.0 Å². The zero-order valence-corrected chi connectivity index (χ0v) is 26.6. The third-order valence-corrected chi connectivity index (χ3v) is 10.5. The molecule has 1 N–H and O–H groups in total. The molecule has 0 bridgehead atoms. The first-order chi connectivity index (χ1) is 18.3. The molecule has 4 amide bonds. The van der Waals surface area contributed by atoms with Gasteiger partial charge in [-0.2, -0.15) is 0 Å². The van der Waals surface area contributed by atoms with Crippen molar-refractivity contribution in [3.05, 3.63) is 0 Å². The Bertz CT molecular complexity index is 844. The van der Waals surface area contributed by atoms with E-state index >= 15 is 0 Å². The third-order valence-electron chi connectivity index (χ3n) is 7.85. The van der Waals surface area contributed by atoms with Gasteiger partial charge in [0.1, 0.15) is 12.1 Å². The summed E-state index contributed by atoms with van der Waals surface area (Å²) in [6.45, 7) is 15.3. The molecule has 2 saturated heterocycles. The van der Waals surface area contributed by atoms with Gasteiger partial charge < -0.3 is 24.4 Å². The molecule has 2 rings (SSSR count). The average Bonchev–Trinajstić information content (AvgIpc) is 3.54. The molecule has 0 radical (unpaired) electrons. The van der Waals surface area contributed by atoms with Crippen LogP contribution in [0.1, 0.15) is 85.5 Å². The molecule has 0 aromatic rings. The van der Waals surface area contributed by atoms with Gasteiger partial charge in [-0.05, 0) is 71.0 Å². The predicted molar refractivity (Wildman–Crippen MR) is 157 cm³/mol. The Morgan fingerprint density at radius 1 is 0.949 bits per heavy atom. The average molecular weight is 567 g/mol. The molecule has 2 aliphatic rings. The highest BCUT2D eigenvalue weighted by atomic mass is 28.4. The maximum Gasteiger partial charge on any atom is 0.246 e. The van der Waals surface area contributed by atoms with Crippen LogP contribution in [0.25, 0.3) is 0 Å². The van der Waals surface area contributed by atoms with Crippen LogP contribution in [0.15, 0.2) is 0 Å². The number of likely N-dealkylation sites (N-methyl/N-ethyl adjacent to an activating group) is 1. The van der Waals surface area contributed by atoms with E-state index in [4.69, 9.17) is 4.43 Å². The van der Waals surface area contributed by atoms with Crippen molar-refractivity contribution in [3.8, 4) is 0 Å². The SMILES string of the molecule is CCO[Si](C)(C)CCCNC(=O)CCCCCN(C)C(=O)[C@@H]1CCCN1C(=O)[C@@H]1CCCN1C(=O)C(C)(C)C.